The molecule has 0 saturated heterocycles. The first kappa shape index (κ1) is 28.9. The highest BCUT2D eigenvalue weighted by atomic mass is 15.3. The van der Waals surface area contributed by atoms with Gasteiger partial charge < -0.3 is 9.47 Å². The van der Waals surface area contributed by atoms with Crippen LogP contribution in [0.3, 0.4) is 0 Å². The maximum absolute atomic E-state index is 2.68. The van der Waals surface area contributed by atoms with Gasteiger partial charge in [0.05, 0.1) is 16.6 Å². The molecule has 2 aliphatic heterocycles. The summed E-state index contributed by atoms with van der Waals surface area (Å²) >= 11 is 0. The molecule has 4 atom stereocenters. The number of hydrogen-bond acceptors (Lipinski definition) is 1. The average Bonchev–Trinajstić information content (AvgIpc) is 3.64. The Kier molecular flexibility index (Phi) is 5.73. The van der Waals surface area contributed by atoms with Crippen LogP contribution >= 0.6 is 0 Å². The van der Waals surface area contributed by atoms with Gasteiger partial charge in [0.2, 0.25) is 0 Å². The van der Waals surface area contributed by atoms with Crippen LogP contribution in [0.25, 0.3) is 44.2 Å². The number of hydrogen-bond donors (Lipinski definition) is 0. The second-order valence-corrected chi connectivity index (χ2v) is 15.2. The van der Waals surface area contributed by atoms with Gasteiger partial charge in [-0.2, -0.15) is 0 Å². The lowest BCUT2D eigenvalue weighted by Crippen LogP contribution is -2.52. The van der Waals surface area contributed by atoms with Crippen molar-refractivity contribution in [2.45, 2.75) is 37.6 Å². The first-order valence-electron chi connectivity index (χ1n) is 18.3. The third-order valence-electron chi connectivity index (χ3n) is 12.6. The molecular weight excluding hydrogens is 617 g/mol. The predicted octanol–water partition coefficient (Wildman–Crippen LogP) is 12.3. The minimum absolute atomic E-state index is 0.207. The van der Waals surface area contributed by atoms with Crippen LogP contribution in [-0.2, 0) is 5.41 Å². The van der Waals surface area contributed by atoms with Crippen molar-refractivity contribution in [1.82, 2.24) is 4.57 Å². The van der Waals surface area contributed by atoms with Crippen molar-refractivity contribution in [3.63, 3.8) is 0 Å². The molecule has 0 bridgehead atoms. The number of aromatic nitrogens is 1. The van der Waals surface area contributed by atoms with Gasteiger partial charge in [-0.25, -0.2) is 0 Å². The summed E-state index contributed by atoms with van der Waals surface area (Å²) < 4.78 is 2.42. The van der Waals surface area contributed by atoms with Gasteiger partial charge in [0, 0.05) is 44.7 Å². The number of allylic oxidation sites excluding steroid dienone is 4. The molecule has 0 N–H and O–H groups in total. The molecule has 0 radical (unpaired) electrons. The van der Waals surface area contributed by atoms with Crippen LogP contribution in [0.15, 0.2) is 175 Å². The van der Waals surface area contributed by atoms with Gasteiger partial charge in [-0.05, 0) is 101 Å². The molecule has 7 aromatic rings. The van der Waals surface area contributed by atoms with Crippen molar-refractivity contribution >= 4 is 38.8 Å². The summed E-state index contributed by atoms with van der Waals surface area (Å²) in [6.07, 6.45) is 7.65. The minimum atomic E-state index is -0.304. The van der Waals surface area contributed by atoms with E-state index in [0.717, 1.165) is 0 Å². The summed E-state index contributed by atoms with van der Waals surface area (Å²) in [5.74, 6) is 0.506. The second-order valence-electron chi connectivity index (χ2n) is 15.2. The fraction of sp³-hybridized carbons (Fsp3) is 0.143. The standard InChI is InChI=1S/C49H38N2/c1-31-22-25-38-37-26-23-33(32-14-6-4-7-15-32)28-45(37)51-44-21-13-11-19-39(44)41-30-48(2,46(31)47(38)49(41,51)3)34-24-27-43-40(29-34)36-18-10-12-20-42(36)50(43)35-16-8-5-9-17-35/h4-31,38H,1-3H3. The Morgan fingerprint density at radius 3 is 2.14 bits per heavy atom. The first-order valence-corrected chi connectivity index (χ1v) is 18.3. The van der Waals surface area contributed by atoms with E-state index in [9.17, 15) is 0 Å². The zero-order chi connectivity index (χ0) is 34.1. The van der Waals surface area contributed by atoms with E-state index < -0.39 is 0 Å². The predicted molar refractivity (Wildman–Crippen MR) is 213 cm³/mol. The van der Waals surface area contributed by atoms with Gasteiger partial charge in [0.15, 0.2) is 0 Å². The van der Waals surface area contributed by atoms with Crippen LogP contribution in [0, 0.1) is 5.92 Å². The molecule has 3 heterocycles. The van der Waals surface area contributed by atoms with E-state index in [0.29, 0.717) is 5.92 Å². The number of benzene rings is 6. The Balaban J connectivity index is 1.19. The smallest absolute Gasteiger partial charge is 0.0903 e. The molecular formula is C49H38N2. The summed E-state index contributed by atoms with van der Waals surface area (Å²) in [6, 6.07) is 54.1. The lowest BCUT2D eigenvalue weighted by atomic mass is 9.55. The first-order chi connectivity index (χ1) is 25.0. The largest absolute Gasteiger partial charge is 0.327 e. The van der Waals surface area contributed by atoms with E-state index in [1.807, 2.05) is 0 Å². The molecule has 51 heavy (non-hydrogen) atoms. The molecule has 2 nitrogen and oxygen atoms in total. The van der Waals surface area contributed by atoms with E-state index in [4.69, 9.17) is 0 Å². The van der Waals surface area contributed by atoms with Gasteiger partial charge in [-0.1, -0.05) is 128 Å². The molecule has 244 valence electrons. The molecule has 0 amide bonds. The Labute approximate surface area is 299 Å². The van der Waals surface area contributed by atoms with Crippen molar-refractivity contribution < 1.29 is 0 Å². The summed E-state index contributed by atoms with van der Waals surface area (Å²) in [7, 11) is 0. The van der Waals surface area contributed by atoms with Gasteiger partial charge in [0.25, 0.3) is 0 Å². The number of nitrogens with zero attached hydrogens (tertiary/aromatic N) is 2. The average molecular weight is 655 g/mol. The highest BCUT2D eigenvalue weighted by molar-refractivity contribution is 6.10. The Morgan fingerprint density at radius 1 is 0.569 bits per heavy atom. The van der Waals surface area contributed by atoms with Gasteiger partial charge in [-0.3, -0.25) is 0 Å². The van der Waals surface area contributed by atoms with Crippen LogP contribution < -0.4 is 4.90 Å². The highest BCUT2D eigenvalue weighted by Crippen LogP contribution is 2.67. The fourth-order valence-corrected chi connectivity index (χ4v) is 10.4. The van der Waals surface area contributed by atoms with Crippen molar-refractivity contribution in [1.29, 1.82) is 0 Å². The molecule has 4 unspecified atom stereocenters. The minimum Gasteiger partial charge on any atom is -0.327 e. The lowest BCUT2D eigenvalue weighted by Gasteiger charge is -2.55. The number of rotatable bonds is 3. The normalized spacial score (nSPS) is 24.1. The van der Waals surface area contributed by atoms with E-state index in [1.165, 1.54) is 72.3 Å². The molecule has 0 saturated carbocycles. The fourth-order valence-electron chi connectivity index (χ4n) is 10.4. The van der Waals surface area contributed by atoms with E-state index in [1.54, 1.807) is 11.1 Å². The Bertz CT molecular complexity index is 2690. The number of para-hydroxylation sites is 3. The molecule has 2 heteroatoms. The van der Waals surface area contributed by atoms with Crippen LogP contribution in [0.2, 0.25) is 0 Å². The summed E-state index contributed by atoms with van der Waals surface area (Å²) in [5, 5.41) is 2.59. The van der Waals surface area contributed by atoms with Crippen molar-refractivity contribution in [2.24, 2.45) is 5.92 Å². The topological polar surface area (TPSA) is 8.17 Å². The van der Waals surface area contributed by atoms with E-state index >= 15 is 0 Å². The molecule has 6 aromatic carbocycles. The lowest BCUT2D eigenvalue weighted by molar-refractivity contribution is 0.511. The Morgan fingerprint density at radius 2 is 1.29 bits per heavy atom. The SMILES string of the molecule is CC1C=CC2C3=C1C(C)(c1ccc4c(c1)c1ccccc1n4-c1ccccc1)C=C1c4ccccc4N(c4cc(-c5ccccc5)ccc42)C13C. The van der Waals surface area contributed by atoms with E-state index in [-0.39, 0.29) is 16.9 Å². The maximum atomic E-state index is 2.68. The molecule has 2 aliphatic carbocycles. The zero-order valence-corrected chi connectivity index (χ0v) is 29.1. The summed E-state index contributed by atoms with van der Waals surface area (Å²) in [5.41, 5.74) is 16.8. The van der Waals surface area contributed by atoms with Crippen molar-refractivity contribution in [3.05, 3.63) is 192 Å². The van der Waals surface area contributed by atoms with E-state index in [2.05, 4.69) is 194 Å². The monoisotopic (exact) mass is 654 g/mol. The molecule has 11 rings (SSSR count). The van der Waals surface area contributed by atoms with Gasteiger partial charge in [0.1, 0.15) is 0 Å². The molecule has 0 spiro atoms. The van der Waals surface area contributed by atoms with Crippen LogP contribution in [0.5, 0.6) is 0 Å². The van der Waals surface area contributed by atoms with Crippen LogP contribution in [0.4, 0.5) is 11.4 Å². The second kappa shape index (κ2) is 10.1. The summed E-state index contributed by atoms with van der Waals surface area (Å²) in [6.45, 7) is 7.41. The zero-order valence-electron chi connectivity index (χ0n) is 29.1. The third kappa shape index (κ3) is 3.67. The highest BCUT2D eigenvalue weighted by Gasteiger charge is 2.59. The van der Waals surface area contributed by atoms with Crippen molar-refractivity contribution in [3.8, 4) is 16.8 Å². The van der Waals surface area contributed by atoms with Gasteiger partial charge >= 0.3 is 0 Å². The maximum Gasteiger partial charge on any atom is 0.0903 e. The molecule has 1 aromatic heterocycles. The molecule has 0 fully saturated rings. The van der Waals surface area contributed by atoms with Gasteiger partial charge in [-0.15, -0.1) is 0 Å². The van der Waals surface area contributed by atoms with Crippen molar-refractivity contribution in [2.75, 3.05) is 4.90 Å². The molecule has 4 aliphatic rings. The Hall–Kier alpha value is -5.86. The summed E-state index contributed by atoms with van der Waals surface area (Å²) in [4.78, 5) is 2.68. The number of fused-ring (bicyclic) bond motifs is 9. The van der Waals surface area contributed by atoms with Crippen LogP contribution in [-0.4, -0.2) is 10.1 Å². The quantitative estimate of drug-likeness (QED) is 0.172. The number of anilines is 2. The van der Waals surface area contributed by atoms with Crippen LogP contribution in [0.1, 0.15) is 43.4 Å². The third-order valence-corrected chi connectivity index (χ3v) is 12.6.